The van der Waals surface area contributed by atoms with E-state index in [1.54, 1.807) is 6.07 Å². The third-order valence-electron chi connectivity index (χ3n) is 3.70. The monoisotopic (exact) mass is 507 g/mol. The number of nitrogens with one attached hydrogen (secondary N) is 1. The van der Waals surface area contributed by atoms with Gasteiger partial charge >= 0.3 is 5.97 Å². The summed E-state index contributed by atoms with van der Waals surface area (Å²) in [6.45, 7) is 0.338. The largest absolute Gasteiger partial charge is 0.488 e. The smallest absolute Gasteiger partial charge is 0.331 e. The minimum atomic E-state index is -0.618. The highest BCUT2D eigenvalue weighted by atomic mass is 79.9. The predicted molar refractivity (Wildman–Crippen MR) is 121 cm³/mol. The molecule has 1 aliphatic heterocycles. The molecular formula is C20H15BrClN3O4S. The molecule has 0 aliphatic carbocycles. The maximum Gasteiger partial charge on any atom is 0.331 e. The highest BCUT2D eigenvalue weighted by molar-refractivity contribution is 9.10. The number of methoxy groups -OCH3 is 1. The van der Waals surface area contributed by atoms with E-state index in [1.807, 2.05) is 36.4 Å². The highest BCUT2D eigenvalue weighted by Crippen LogP contribution is 2.25. The van der Waals surface area contributed by atoms with Crippen LogP contribution in [0.5, 0.6) is 5.75 Å². The molecule has 0 radical (unpaired) electrons. The topological polar surface area (TPSA) is 89.3 Å². The molecule has 0 saturated carbocycles. The summed E-state index contributed by atoms with van der Waals surface area (Å²) in [5.41, 5.74) is 1.62. The number of carbonyl (C=O) groups excluding carboxylic acids is 2. The third kappa shape index (κ3) is 6.19. The third-order valence-corrected chi connectivity index (χ3v) is 5.33. The molecule has 2 aromatic carbocycles. The van der Waals surface area contributed by atoms with E-state index >= 15 is 0 Å². The molecule has 154 valence electrons. The maximum absolute atomic E-state index is 11.8. The average molecular weight is 509 g/mol. The Kier molecular flexibility index (Phi) is 7.67. The summed E-state index contributed by atoms with van der Waals surface area (Å²) < 4.78 is 11.3. The Bertz CT molecular complexity index is 1070. The van der Waals surface area contributed by atoms with Crippen LogP contribution in [0.1, 0.15) is 11.1 Å². The number of ether oxygens (including phenoxy) is 2. The molecule has 3 rings (SSSR count). The molecule has 10 heteroatoms. The lowest BCUT2D eigenvalue weighted by atomic mass is 10.2. The van der Waals surface area contributed by atoms with Crippen LogP contribution < -0.4 is 10.1 Å². The van der Waals surface area contributed by atoms with Gasteiger partial charge in [0.1, 0.15) is 12.4 Å². The lowest BCUT2D eigenvalue weighted by Crippen LogP contribution is -2.19. The normalized spacial score (nSPS) is 16.3. The summed E-state index contributed by atoms with van der Waals surface area (Å²) in [6, 6.07) is 12.9. The molecule has 1 N–H and O–H groups in total. The zero-order chi connectivity index (χ0) is 21.5. The van der Waals surface area contributed by atoms with Crippen molar-refractivity contribution < 1.29 is 19.1 Å². The first-order valence-electron chi connectivity index (χ1n) is 8.51. The van der Waals surface area contributed by atoms with Crippen LogP contribution in [0.4, 0.5) is 0 Å². The van der Waals surface area contributed by atoms with Crippen molar-refractivity contribution in [2.75, 3.05) is 7.11 Å². The number of carbonyl (C=O) groups is 2. The first kappa shape index (κ1) is 22.1. The Morgan fingerprint density at radius 2 is 2.13 bits per heavy atom. The molecule has 0 spiro atoms. The van der Waals surface area contributed by atoms with Crippen LogP contribution in [0.15, 0.2) is 68.1 Å². The Balaban J connectivity index is 1.71. The van der Waals surface area contributed by atoms with E-state index in [4.69, 9.17) is 16.3 Å². The molecule has 0 aromatic heterocycles. The van der Waals surface area contributed by atoms with Gasteiger partial charge in [0.2, 0.25) is 0 Å². The standard InChI is InChI=1S/C20H15BrClN3O4S/c1-28-18(26)9-17-19(27)24-20(30-17)25-23-10-13-8-14(21)5-6-16(13)29-11-12-3-2-4-15(22)7-12/h2-10H,11H2,1H3,(H,24,25,27)/b17-9+,23-10?. The van der Waals surface area contributed by atoms with Gasteiger partial charge in [-0.3, -0.25) is 10.1 Å². The van der Waals surface area contributed by atoms with Gasteiger partial charge in [0.05, 0.1) is 18.2 Å². The van der Waals surface area contributed by atoms with Crippen LogP contribution in [-0.2, 0) is 20.9 Å². The summed E-state index contributed by atoms with van der Waals surface area (Å²) in [5, 5.41) is 11.4. The summed E-state index contributed by atoms with van der Waals surface area (Å²) in [5.74, 6) is -0.447. The molecule has 0 unspecified atom stereocenters. The van der Waals surface area contributed by atoms with E-state index in [-0.39, 0.29) is 10.1 Å². The van der Waals surface area contributed by atoms with Crippen molar-refractivity contribution in [1.29, 1.82) is 0 Å². The molecule has 1 fully saturated rings. The molecule has 1 amide bonds. The fraction of sp³-hybridized carbons (Fsp3) is 0.100. The van der Waals surface area contributed by atoms with Gasteiger partial charge in [-0.25, -0.2) is 4.79 Å². The highest BCUT2D eigenvalue weighted by Gasteiger charge is 2.25. The van der Waals surface area contributed by atoms with Gasteiger partial charge in [-0.15, -0.1) is 5.10 Å². The Hall–Kier alpha value is -2.62. The summed E-state index contributed by atoms with van der Waals surface area (Å²) in [4.78, 5) is 23.3. The number of nitrogens with zero attached hydrogens (tertiary/aromatic N) is 2. The summed E-state index contributed by atoms with van der Waals surface area (Å²) in [6.07, 6.45) is 2.61. The number of amidine groups is 1. The molecule has 30 heavy (non-hydrogen) atoms. The lowest BCUT2D eigenvalue weighted by molar-refractivity contribution is -0.135. The molecule has 1 heterocycles. The van der Waals surface area contributed by atoms with Crippen LogP contribution >= 0.6 is 39.3 Å². The van der Waals surface area contributed by atoms with Crippen molar-refractivity contribution in [3.05, 3.63) is 74.1 Å². The zero-order valence-corrected chi connectivity index (χ0v) is 18.8. The average Bonchev–Trinajstić information content (AvgIpc) is 3.06. The van der Waals surface area contributed by atoms with E-state index in [0.29, 0.717) is 22.9 Å². The molecule has 1 saturated heterocycles. The number of hydrogen-bond donors (Lipinski definition) is 1. The lowest BCUT2D eigenvalue weighted by Gasteiger charge is -2.09. The van der Waals surface area contributed by atoms with E-state index in [1.165, 1.54) is 13.3 Å². The van der Waals surface area contributed by atoms with Crippen molar-refractivity contribution in [3.63, 3.8) is 0 Å². The van der Waals surface area contributed by atoms with Gasteiger partial charge in [-0.1, -0.05) is 39.7 Å². The fourth-order valence-electron chi connectivity index (χ4n) is 2.32. The van der Waals surface area contributed by atoms with Gasteiger partial charge in [-0.05, 0) is 47.7 Å². The second kappa shape index (κ2) is 10.4. The predicted octanol–water partition coefficient (Wildman–Crippen LogP) is 4.29. The van der Waals surface area contributed by atoms with Gasteiger partial charge in [-0.2, -0.15) is 5.10 Å². The molecule has 0 atom stereocenters. The van der Waals surface area contributed by atoms with Crippen molar-refractivity contribution in [3.8, 4) is 5.75 Å². The summed E-state index contributed by atoms with van der Waals surface area (Å²) in [7, 11) is 1.24. The number of rotatable bonds is 6. The summed E-state index contributed by atoms with van der Waals surface area (Å²) >= 11 is 10.4. The Labute approximate surface area is 190 Å². The number of esters is 1. The molecule has 0 bridgehead atoms. The molecule has 7 nitrogen and oxygen atoms in total. The number of halogens is 2. The minimum absolute atomic E-state index is 0.184. The minimum Gasteiger partial charge on any atom is -0.488 e. The fourth-order valence-corrected chi connectivity index (χ4v) is 3.65. The van der Waals surface area contributed by atoms with Gasteiger partial charge in [0, 0.05) is 21.1 Å². The van der Waals surface area contributed by atoms with E-state index in [0.717, 1.165) is 27.9 Å². The number of benzene rings is 2. The first-order valence-corrected chi connectivity index (χ1v) is 10.5. The Morgan fingerprint density at radius 3 is 2.90 bits per heavy atom. The van der Waals surface area contributed by atoms with Crippen LogP contribution in [0.3, 0.4) is 0 Å². The zero-order valence-electron chi connectivity index (χ0n) is 15.6. The number of hydrogen-bond acceptors (Lipinski definition) is 7. The molecule has 1 aliphatic rings. The van der Waals surface area contributed by atoms with Gasteiger partial charge < -0.3 is 9.47 Å². The molecule has 2 aromatic rings. The van der Waals surface area contributed by atoms with Gasteiger partial charge in [0.15, 0.2) is 5.17 Å². The molecular weight excluding hydrogens is 494 g/mol. The van der Waals surface area contributed by atoms with Crippen LogP contribution in [-0.4, -0.2) is 30.4 Å². The van der Waals surface area contributed by atoms with E-state index in [2.05, 4.69) is 36.2 Å². The van der Waals surface area contributed by atoms with Crippen molar-refractivity contribution in [1.82, 2.24) is 5.32 Å². The van der Waals surface area contributed by atoms with E-state index < -0.39 is 11.9 Å². The van der Waals surface area contributed by atoms with Crippen molar-refractivity contribution in [2.45, 2.75) is 6.61 Å². The SMILES string of the molecule is COC(=O)/C=C1/S/C(=N\N=Cc2cc(Br)ccc2OCc2cccc(Cl)c2)NC1=O. The first-order chi connectivity index (χ1) is 14.4. The second-order valence-electron chi connectivity index (χ2n) is 5.84. The number of amides is 1. The van der Waals surface area contributed by atoms with Crippen LogP contribution in [0.25, 0.3) is 0 Å². The van der Waals surface area contributed by atoms with Crippen LogP contribution in [0, 0.1) is 0 Å². The van der Waals surface area contributed by atoms with E-state index in [9.17, 15) is 9.59 Å². The van der Waals surface area contributed by atoms with Crippen molar-refractivity contribution in [2.24, 2.45) is 10.2 Å². The second-order valence-corrected chi connectivity index (χ2v) is 8.22. The van der Waals surface area contributed by atoms with Crippen molar-refractivity contribution >= 4 is 62.6 Å². The maximum atomic E-state index is 11.8. The quantitative estimate of drug-likeness (QED) is 0.272. The number of thioether (sulfide) groups is 1. The Morgan fingerprint density at radius 1 is 1.30 bits per heavy atom. The van der Waals surface area contributed by atoms with Crippen LogP contribution in [0.2, 0.25) is 5.02 Å². The van der Waals surface area contributed by atoms with Gasteiger partial charge in [0.25, 0.3) is 5.91 Å².